The van der Waals surface area contributed by atoms with Crippen molar-refractivity contribution in [1.29, 1.82) is 0 Å². The van der Waals surface area contributed by atoms with Crippen LogP contribution >= 0.6 is 0 Å². The van der Waals surface area contributed by atoms with Crippen LogP contribution < -0.4 is 9.80 Å². The Kier molecular flexibility index (Phi) is 16.7. The van der Waals surface area contributed by atoms with E-state index in [0.29, 0.717) is 11.4 Å². The Morgan fingerprint density at radius 3 is 1.04 bits per heavy atom. The molecule has 0 amide bonds. The third-order valence-electron chi connectivity index (χ3n) is 9.41. The first-order valence-electron chi connectivity index (χ1n) is 20.4. The third kappa shape index (κ3) is 13.0. The lowest BCUT2D eigenvalue weighted by atomic mass is 9.98. The molecule has 0 atom stereocenters. The predicted octanol–water partition coefficient (Wildman–Crippen LogP) is 10.9. The molecule has 4 nitrogen and oxygen atoms in total. The van der Waals surface area contributed by atoms with Crippen molar-refractivity contribution in [1.82, 2.24) is 9.97 Å². The first-order chi connectivity index (χ1) is 27.6. The van der Waals surface area contributed by atoms with Crippen molar-refractivity contribution in [2.24, 2.45) is 0 Å². The van der Waals surface area contributed by atoms with Crippen LogP contribution in [0, 0.1) is 47.4 Å². The van der Waals surface area contributed by atoms with E-state index in [2.05, 4.69) is 143 Å². The largest absolute Gasteiger partial charge is 0.372 e. The van der Waals surface area contributed by atoms with Gasteiger partial charge in [0.15, 0.2) is 0 Å². The van der Waals surface area contributed by atoms with E-state index in [0.717, 1.165) is 59.6 Å². The molecule has 0 saturated carbocycles. The van der Waals surface area contributed by atoms with Crippen molar-refractivity contribution in [2.45, 2.75) is 79.1 Å². The van der Waals surface area contributed by atoms with E-state index in [1.807, 2.05) is 48.5 Å². The lowest BCUT2D eigenvalue weighted by Crippen LogP contribution is -2.25. The highest BCUT2D eigenvalue weighted by atomic mass is 15.1. The summed E-state index contributed by atoms with van der Waals surface area (Å²) < 4.78 is 0. The number of hydrogen-bond acceptors (Lipinski definition) is 4. The van der Waals surface area contributed by atoms with Crippen molar-refractivity contribution in [3.63, 3.8) is 0 Å². The maximum absolute atomic E-state index is 4.43. The molecule has 0 fully saturated rings. The molecular formula is C52H54N4. The van der Waals surface area contributed by atoms with Gasteiger partial charge in [-0.25, -0.2) is 9.97 Å². The zero-order chi connectivity index (χ0) is 39.2. The van der Waals surface area contributed by atoms with Crippen LogP contribution in [0.4, 0.5) is 11.4 Å². The summed E-state index contributed by atoms with van der Waals surface area (Å²) in [6, 6.07) is 32.8. The number of anilines is 2. The Morgan fingerprint density at radius 2 is 0.732 bits per heavy atom. The molecule has 0 saturated heterocycles. The summed E-state index contributed by atoms with van der Waals surface area (Å²) in [6.45, 7) is 13.3. The lowest BCUT2D eigenvalue weighted by molar-refractivity contribution is 0.678. The maximum Gasteiger partial charge on any atom is 0.113 e. The highest BCUT2D eigenvalue weighted by molar-refractivity contribution is 5.64. The summed E-state index contributed by atoms with van der Waals surface area (Å²) in [5.41, 5.74) is 8.87. The molecule has 4 heteroatoms. The van der Waals surface area contributed by atoms with Gasteiger partial charge in [-0.3, -0.25) is 0 Å². The fraction of sp³-hybridized carbons (Fsp3) is 0.308. The number of aromatic nitrogens is 2. The van der Waals surface area contributed by atoms with Crippen LogP contribution in [-0.2, 0) is 0 Å². The van der Waals surface area contributed by atoms with Crippen LogP contribution in [0.2, 0.25) is 0 Å². The molecular weight excluding hydrogens is 681 g/mol. The highest BCUT2D eigenvalue weighted by Gasteiger charge is 2.09. The molecule has 282 valence electrons. The van der Waals surface area contributed by atoms with E-state index >= 15 is 0 Å². The van der Waals surface area contributed by atoms with Gasteiger partial charge in [0, 0.05) is 83.3 Å². The second-order valence-electron chi connectivity index (χ2n) is 13.9. The van der Waals surface area contributed by atoms with Crippen LogP contribution in [0.5, 0.6) is 0 Å². The van der Waals surface area contributed by atoms with Gasteiger partial charge in [0.05, 0.1) is 0 Å². The van der Waals surface area contributed by atoms with Crippen molar-refractivity contribution in [3.8, 4) is 47.4 Å². The van der Waals surface area contributed by atoms with Gasteiger partial charge < -0.3 is 9.80 Å². The summed E-state index contributed by atoms with van der Waals surface area (Å²) in [5.74, 6) is 26.9. The number of unbranched alkanes of at least 4 members (excludes halogenated alkanes) is 4. The van der Waals surface area contributed by atoms with Gasteiger partial charge in [-0.2, -0.15) is 0 Å². The SMILES string of the molecule is CCCCN(CCCC)c1ccc(C#Cc2cc(C#Cc3ccccn3)c(C#Cc3ccc(N(CCCC)CCCC)cc3)cc2C#Cc2ccccn2)cc1. The van der Waals surface area contributed by atoms with Gasteiger partial charge in [0.1, 0.15) is 11.4 Å². The zero-order valence-electron chi connectivity index (χ0n) is 33.7. The zero-order valence-corrected chi connectivity index (χ0v) is 33.7. The smallest absolute Gasteiger partial charge is 0.113 e. The Bertz CT molecular complexity index is 2030. The van der Waals surface area contributed by atoms with Gasteiger partial charge in [0.25, 0.3) is 0 Å². The van der Waals surface area contributed by atoms with Crippen molar-refractivity contribution in [3.05, 3.63) is 154 Å². The molecule has 0 spiro atoms. The van der Waals surface area contributed by atoms with E-state index < -0.39 is 0 Å². The molecule has 2 aromatic heterocycles. The second kappa shape index (κ2) is 22.9. The Hall–Kier alpha value is -6.20. The molecule has 0 aliphatic carbocycles. The summed E-state index contributed by atoms with van der Waals surface area (Å²) in [4.78, 5) is 13.9. The number of nitrogens with zero attached hydrogens (tertiary/aromatic N) is 4. The molecule has 0 aliphatic rings. The Labute approximate surface area is 336 Å². The molecule has 3 aromatic carbocycles. The standard InChI is InChI=1S/C52H54N4/c1-5-9-37-55(38-10-6-2)51-31-21-43(22-32-51)19-25-45-41-48(28-30-50-18-14-16-36-54-50)46(42-47(45)27-29-49-17-13-15-35-53-49)26-20-44-23-33-52(34-24-44)56(39-11-7-3)40-12-8-4/h13-18,21-24,31-36,41-42H,5-12,37-40H2,1-4H3. The van der Waals surface area contributed by atoms with Gasteiger partial charge in [0.2, 0.25) is 0 Å². The summed E-state index contributed by atoms with van der Waals surface area (Å²) in [6.07, 6.45) is 13.0. The van der Waals surface area contributed by atoms with Gasteiger partial charge in [-0.15, -0.1) is 0 Å². The minimum Gasteiger partial charge on any atom is -0.372 e. The molecule has 0 radical (unpaired) electrons. The van der Waals surface area contributed by atoms with Crippen molar-refractivity contribution >= 4 is 11.4 Å². The number of hydrogen-bond donors (Lipinski definition) is 0. The monoisotopic (exact) mass is 734 g/mol. The van der Waals surface area contributed by atoms with E-state index in [9.17, 15) is 0 Å². The van der Waals surface area contributed by atoms with Crippen LogP contribution in [-0.4, -0.2) is 36.1 Å². The Morgan fingerprint density at radius 1 is 0.393 bits per heavy atom. The van der Waals surface area contributed by atoms with E-state index in [1.165, 1.54) is 62.7 Å². The molecule has 0 aliphatic heterocycles. The van der Waals surface area contributed by atoms with Crippen LogP contribution in [0.1, 0.15) is 124 Å². The maximum atomic E-state index is 4.43. The minimum atomic E-state index is 0.691. The lowest BCUT2D eigenvalue weighted by Gasteiger charge is -2.24. The van der Waals surface area contributed by atoms with E-state index in [-0.39, 0.29) is 0 Å². The predicted molar refractivity (Wildman–Crippen MR) is 236 cm³/mol. The van der Waals surface area contributed by atoms with Crippen LogP contribution in [0.15, 0.2) is 109 Å². The van der Waals surface area contributed by atoms with Crippen LogP contribution in [0.3, 0.4) is 0 Å². The molecule has 0 unspecified atom stereocenters. The molecule has 5 rings (SSSR count). The average Bonchev–Trinajstić information content (AvgIpc) is 3.25. The molecule has 0 N–H and O–H groups in total. The summed E-state index contributed by atoms with van der Waals surface area (Å²) in [5, 5.41) is 0. The normalized spacial score (nSPS) is 10.1. The van der Waals surface area contributed by atoms with Gasteiger partial charge >= 0.3 is 0 Å². The number of rotatable bonds is 14. The summed E-state index contributed by atoms with van der Waals surface area (Å²) in [7, 11) is 0. The second-order valence-corrected chi connectivity index (χ2v) is 13.9. The highest BCUT2D eigenvalue weighted by Crippen LogP contribution is 2.20. The first kappa shape index (κ1) is 41.0. The topological polar surface area (TPSA) is 32.3 Å². The quantitative estimate of drug-likeness (QED) is 0.106. The molecule has 0 bridgehead atoms. The fourth-order valence-corrected chi connectivity index (χ4v) is 6.08. The third-order valence-corrected chi connectivity index (χ3v) is 9.41. The first-order valence-corrected chi connectivity index (χ1v) is 20.4. The molecule has 2 heterocycles. The van der Waals surface area contributed by atoms with Crippen LogP contribution in [0.25, 0.3) is 0 Å². The Balaban J connectivity index is 1.55. The number of benzene rings is 3. The van der Waals surface area contributed by atoms with E-state index in [1.54, 1.807) is 12.4 Å². The van der Waals surface area contributed by atoms with E-state index in [4.69, 9.17) is 0 Å². The van der Waals surface area contributed by atoms with Gasteiger partial charge in [-0.05, 0) is 122 Å². The van der Waals surface area contributed by atoms with Crippen molar-refractivity contribution < 1.29 is 0 Å². The fourth-order valence-electron chi connectivity index (χ4n) is 6.08. The molecule has 5 aromatic rings. The number of pyridine rings is 2. The summed E-state index contributed by atoms with van der Waals surface area (Å²) >= 11 is 0. The minimum absolute atomic E-state index is 0.691. The molecule has 56 heavy (non-hydrogen) atoms. The van der Waals surface area contributed by atoms with Gasteiger partial charge in [-0.1, -0.05) is 101 Å². The van der Waals surface area contributed by atoms with Crippen molar-refractivity contribution in [2.75, 3.05) is 36.0 Å². The average molecular weight is 735 g/mol.